The molecule has 0 amide bonds. The van der Waals surface area contributed by atoms with Crippen LogP contribution in [0.4, 0.5) is 0 Å². The Bertz CT molecular complexity index is 671. The van der Waals surface area contributed by atoms with Gasteiger partial charge in [-0.25, -0.2) is 0 Å². The zero-order chi connectivity index (χ0) is 17.6. The van der Waals surface area contributed by atoms with E-state index in [-0.39, 0.29) is 5.16 Å². The Morgan fingerprint density at radius 3 is 2.54 bits per heavy atom. The second kappa shape index (κ2) is 8.65. The van der Waals surface area contributed by atoms with Crippen LogP contribution < -0.4 is 10.6 Å². The van der Waals surface area contributed by atoms with Crippen molar-refractivity contribution in [2.24, 2.45) is 0 Å². The number of rotatable bonds is 8. The lowest BCUT2D eigenvalue weighted by Crippen LogP contribution is -2.25. The van der Waals surface area contributed by atoms with E-state index >= 15 is 0 Å². The number of phenols is 1. The second-order valence-corrected chi connectivity index (χ2v) is 8.26. The van der Waals surface area contributed by atoms with E-state index < -0.39 is 0 Å². The van der Waals surface area contributed by atoms with Crippen molar-refractivity contribution in [2.45, 2.75) is 51.7 Å². The average molecular weight is 343 g/mol. The summed E-state index contributed by atoms with van der Waals surface area (Å²) in [6.45, 7) is 7.48. The van der Waals surface area contributed by atoms with Gasteiger partial charge in [0.2, 0.25) is 0 Å². The van der Waals surface area contributed by atoms with Gasteiger partial charge in [-0.05, 0) is 43.7 Å². The molecule has 2 rings (SSSR count). The molecule has 0 spiro atoms. The molecule has 0 fully saturated rings. The smallest absolute Gasteiger partial charge is 0.119 e. The number of aromatic hydroxyl groups is 1. The van der Waals surface area contributed by atoms with E-state index in [2.05, 4.69) is 56.4 Å². The van der Waals surface area contributed by atoms with Crippen LogP contribution in [0.5, 0.6) is 5.75 Å². The van der Waals surface area contributed by atoms with Gasteiger partial charge < -0.3 is 10.4 Å². The number of benzene rings is 2. The van der Waals surface area contributed by atoms with E-state index in [1.165, 1.54) is 16.4 Å². The SMILES string of the molecule is CCCC(CC)(Pc1ccccc1CNC)c1cc(C)ccc1O. The molecule has 0 saturated carbocycles. The quantitative estimate of drug-likeness (QED) is 0.673. The minimum atomic E-state index is 0.00863. The van der Waals surface area contributed by atoms with E-state index in [4.69, 9.17) is 0 Å². The molecule has 3 heteroatoms. The van der Waals surface area contributed by atoms with E-state index in [9.17, 15) is 5.11 Å². The largest absolute Gasteiger partial charge is 0.508 e. The lowest BCUT2D eigenvalue weighted by molar-refractivity contribution is 0.442. The molecule has 0 radical (unpaired) electrons. The fraction of sp³-hybridized carbons (Fsp3) is 0.429. The molecular weight excluding hydrogens is 313 g/mol. The Morgan fingerprint density at radius 1 is 1.12 bits per heavy atom. The third-order valence-corrected chi connectivity index (χ3v) is 6.82. The first-order chi connectivity index (χ1) is 11.6. The summed E-state index contributed by atoms with van der Waals surface area (Å²) in [6.07, 6.45) is 3.24. The molecule has 2 aromatic rings. The third-order valence-electron chi connectivity index (χ3n) is 4.71. The van der Waals surface area contributed by atoms with Crippen LogP contribution >= 0.6 is 8.58 Å². The molecule has 0 aliphatic heterocycles. The predicted molar refractivity (Wildman–Crippen MR) is 107 cm³/mol. The van der Waals surface area contributed by atoms with Crippen LogP contribution in [-0.4, -0.2) is 12.2 Å². The summed E-state index contributed by atoms with van der Waals surface area (Å²) in [6, 6.07) is 14.7. The van der Waals surface area contributed by atoms with E-state index in [1.807, 2.05) is 19.2 Å². The minimum Gasteiger partial charge on any atom is -0.508 e. The van der Waals surface area contributed by atoms with Crippen molar-refractivity contribution in [3.05, 3.63) is 59.2 Å². The first-order valence-corrected chi connectivity index (χ1v) is 9.87. The zero-order valence-electron chi connectivity index (χ0n) is 15.3. The fourth-order valence-electron chi connectivity index (χ4n) is 3.42. The maximum Gasteiger partial charge on any atom is 0.119 e. The van der Waals surface area contributed by atoms with Crippen molar-refractivity contribution in [1.29, 1.82) is 0 Å². The maximum atomic E-state index is 10.6. The van der Waals surface area contributed by atoms with Crippen molar-refractivity contribution < 1.29 is 5.11 Å². The van der Waals surface area contributed by atoms with Crippen LogP contribution in [0.15, 0.2) is 42.5 Å². The molecule has 2 unspecified atom stereocenters. The molecule has 130 valence electrons. The third kappa shape index (κ3) is 4.18. The lowest BCUT2D eigenvalue weighted by Gasteiger charge is -2.35. The molecular formula is C21H30NOP. The van der Waals surface area contributed by atoms with Gasteiger partial charge in [-0.1, -0.05) is 70.8 Å². The average Bonchev–Trinajstić information content (AvgIpc) is 2.58. The molecule has 2 N–H and O–H groups in total. The number of nitrogens with one attached hydrogen (secondary N) is 1. The van der Waals surface area contributed by atoms with Gasteiger partial charge in [0.05, 0.1) is 0 Å². The molecule has 0 bridgehead atoms. The van der Waals surface area contributed by atoms with Crippen molar-refractivity contribution >= 4 is 13.9 Å². The van der Waals surface area contributed by atoms with Crippen molar-refractivity contribution in [1.82, 2.24) is 5.32 Å². The molecule has 0 aliphatic carbocycles. The Kier molecular flexibility index (Phi) is 6.83. The molecule has 24 heavy (non-hydrogen) atoms. The lowest BCUT2D eigenvalue weighted by atomic mass is 9.89. The van der Waals surface area contributed by atoms with Crippen LogP contribution in [0.3, 0.4) is 0 Å². The summed E-state index contributed by atoms with van der Waals surface area (Å²) in [5.41, 5.74) is 3.69. The van der Waals surface area contributed by atoms with Gasteiger partial charge in [-0.15, -0.1) is 0 Å². The van der Waals surface area contributed by atoms with Gasteiger partial charge in [0.15, 0.2) is 0 Å². The number of hydrogen-bond acceptors (Lipinski definition) is 2. The summed E-state index contributed by atoms with van der Waals surface area (Å²) in [4.78, 5) is 0. The summed E-state index contributed by atoms with van der Waals surface area (Å²) < 4.78 is 0. The highest BCUT2D eigenvalue weighted by atomic mass is 31.1. The molecule has 2 aromatic carbocycles. The van der Waals surface area contributed by atoms with Gasteiger partial charge in [0.25, 0.3) is 0 Å². The van der Waals surface area contributed by atoms with Crippen molar-refractivity contribution in [3.8, 4) is 5.75 Å². The molecule has 0 heterocycles. The van der Waals surface area contributed by atoms with E-state index in [1.54, 1.807) is 0 Å². The predicted octanol–water partition coefficient (Wildman–Crippen LogP) is 4.83. The summed E-state index contributed by atoms with van der Waals surface area (Å²) in [7, 11) is 2.64. The first-order valence-electron chi connectivity index (χ1n) is 8.87. The van der Waals surface area contributed by atoms with Gasteiger partial charge >= 0.3 is 0 Å². The van der Waals surface area contributed by atoms with Crippen molar-refractivity contribution in [2.75, 3.05) is 7.05 Å². The van der Waals surface area contributed by atoms with Crippen LogP contribution in [0.1, 0.15) is 49.8 Å². The van der Waals surface area contributed by atoms with E-state index in [0.717, 1.165) is 31.4 Å². The molecule has 0 aromatic heterocycles. The van der Waals surface area contributed by atoms with Gasteiger partial charge in [0, 0.05) is 17.3 Å². The standard InChI is InChI=1S/C21H30NOP/c1-5-13-21(6-2,18-14-16(3)11-12-19(18)23)24-20-10-8-7-9-17(20)15-22-4/h7-12,14,22-24H,5-6,13,15H2,1-4H3. The fourth-order valence-corrected chi connectivity index (χ4v) is 5.34. The Hall–Kier alpha value is -1.37. The molecule has 2 atom stereocenters. The van der Waals surface area contributed by atoms with Crippen LogP contribution in [0.25, 0.3) is 0 Å². The number of phenolic OH excluding ortho intramolecular Hbond substituents is 1. The monoisotopic (exact) mass is 343 g/mol. The van der Waals surface area contributed by atoms with E-state index in [0.29, 0.717) is 14.3 Å². The van der Waals surface area contributed by atoms with Gasteiger partial charge in [0.1, 0.15) is 5.75 Å². The second-order valence-electron chi connectivity index (χ2n) is 6.52. The van der Waals surface area contributed by atoms with Crippen molar-refractivity contribution in [3.63, 3.8) is 0 Å². The first kappa shape index (κ1) is 19.0. The molecule has 2 nitrogen and oxygen atoms in total. The highest BCUT2D eigenvalue weighted by Crippen LogP contribution is 2.51. The van der Waals surface area contributed by atoms with Gasteiger partial charge in [-0.3, -0.25) is 0 Å². The van der Waals surface area contributed by atoms with Crippen LogP contribution in [0, 0.1) is 6.92 Å². The Balaban J connectivity index is 2.51. The Labute approximate surface area is 148 Å². The summed E-state index contributed by atoms with van der Waals surface area (Å²) in [5, 5.41) is 15.3. The number of aryl methyl sites for hydroxylation is 1. The van der Waals surface area contributed by atoms with Crippen LogP contribution in [-0.2, 0) is 11.7 Å². The zero-order valence-corrected chi connectivity index (χ0v) is 16.3. The van der Waals surface area contributed by atoms with Gasteiger partial charge in [-0.2, -0.15) is 0 Å². The molecule has 0 aliphatic rings. The highest BCUT2D eigenvalue weighted by Gasteiger charge is 2.33. The molecule has 0 saturated heterocycles. The summed E-state index contributed by atoms with van der Waals surface area (Å²) >= 11 is 0. The minimum absolute atomic E-state index is 0.00863. The summed E-state index contributed by atoms with van der Waals surface area (Å²) in [5.74, 6) is 0.439. The Morgan fingerprint density at radius 2 is 1.88 bits per heavy atom. The van der Waals surface area contributed by atoms with Crippen LogP contribution in [0.2, 0.25) is 0 Å². The maximum absolute atomic E-state index is 10.6. The number of hydrogen-bond donors (Lipinski definition) is 2. The highest BCUT2D eigenvalue weighted by molar-refractivity contribution is 7.48. The normalized spacial score (nSPS) is 14.2. The topological polar surface area (TPSA) is 32.3 Å².